The lowest BCUT2D eigenvalue weighted by atomic mass is 9.42. The van der Waals surface area contributed by atoms with E-state index in [9.17, 15) is 15.0 Å². The standard InChI is InChI=1S/C24H41NO4.ClH/c1-15-16(13-21(28)29-12-11-25(5)6)7-8-17-22(15)18(26)14-19-23(2,3)20(27)9-10-24(17,19)4;/h13,15,17-20,22,26-27H,7-12,14H2,1-6H3;1H/b16-13-;/t15-,17-,18-,19-,20-,22-,24+;/m0./s1. The minimum absolute atomic E-state index is 0. The molecule has 2 N–H and O–H groups in total. The van der Waals surface area contributed by atoms with Gasteiger partial charge in [-0.2, -0.15) is 0 Å². The molecule has 0 unspecified atom stereocenters. The third-order valence-corrected chi connectivity index (χ3v) is 8.73. The van der Waals surface area contributed by atoms with Crippen molar-refractivity contribution < 1.29 is 19.7 Å². The Hall–Kier alpha value is -0.620. The zero-order valence-corrected chi connectivity index (χ0v) is 20.4. The topological polar surface area (TPSA) is 70.0 Å². The molecule has 3 aliphatic carbocycles. The molecule has 0 amide bonds. The highest BCUT2D eigenvalue weighted by molar-refractivity contribution is 5.85. The van der Waals surface area contributed by atoms with Crippen molar-refractivity contribution in [3.8, 4) is 0 Å². The monoisotopic (exact) mass is 443 g/mol. The first-order valence-corrected chi connectivity index (χ1v) is 11.4. The smallest absolute Gasteiger partial charge is 0.330 e. The molecular formula is C24H42ClNO4. The lowest BCUT2D eigenvalue weighted by Crippen LogP contribution is -2.61. The van der Waals surface area contributed by atoms with E-state index in [0.717, 1.165) is 44.2 Å². The molecule has 0 aromatic heterocycles. The van der Waals surface area contributed by atoms with E-state index in [1.807, 2.05) is 19.0 Å². The molecule has 174 valence electrons. The fourth-order valence-corrected chi connectivity index (χ4v) is 6.93. The van der Waals surface area contributed by atoms with Crippen LogP contribution in [0.5, 0.6) is 0 Å². The molecule has 3 fully saturated rings. The van der Waals surface area contributed by atoms with E-state index < -0.39 is 0 Å². The number of carbonyl (C=O) groups excluding carboxylic acids is 1. The number of carbonyl (C=O) groups is 1. The SMILES string of the molecule is C[C@H]1/C(=C\C(=O)OCCN(C)C)CC[C@H]2[C@H]1[C@@H](O)C[C@H]1C(C)(C)[C@@H](O)CC[C@]21C.Cl. The Kier molecular flexibility index (Phi) is 8.10. The minimum Gasteiger partial charge on any atom is -0.461 e. The molecule has 0 bridgehead atoms. The van der Waals surface area contributed by atoms with E-state index in [-0.39, 0.29) is 53.3 Å². The molecule has 3 aliphatic rings. The maximum Gasteiger partial charge on any atom is 0.330 e. The number of allylic oxidation sites excluding steroid dienone is 1. The number of hydrogen-bond donors (Lipinski definition) is 2. The highest BCUT2D eigenvalue weighted by atomic mass is 35.5. The summed E-state index contributed by atoms with van der Waals surface area (Å²) in [6, 6.07) is 0. The van der Waals surface area contributed by atoms with E-state index in [2.05, 4.69) is 27.7 Å². The summed E-state index contributed by atoms with van der Waals surface area (Å²) in [6.07, 6.45) is 5.51. The van der Waals surface area contributed by atoms with Crippen molar-refractivity contribution in [1.82, 2.24) is 4.90 Å². The second-order valence-electron chi connectivity index (χ2n) is 10.9. The Morgan fingerprint density at radius 1 is 1.23 bits per heavy atom. The lowest BCUT2D eigenvalue weighted by Gasteiger charge is -2.64. The van der Waals surface area contributed by atoms with Gasteiger partial charge >= 0.3 is 5.97 Å². The van der Waals surface area contributed by atoms with Crippen LogP contribution < -0.4 is 0 Å². The van der Waals surface area contributed by atoms with E-state index >= 15 is 0 Å². The van der Waals surface area contributed by atoms with Crippen LogP contribution in [-0.2, 0) is 9.53 Å². The quantitative estimate of drug-likeness (QED) is 0.512. The van der Waals surface area contributed by atoms with Gasteiger partial charge in [-0.15, -0.1) is 12.4 Å². The van der Waals surface area contributed by atoms with Gasteiger partial charge in [0.05, 0.1) is 12.2 Å². The van der Waals surface area contributed by atoms with Gasteiger partial charge in [0, 0.05) is 12.6 Å². The molecule has 0 saturated heterocycles. The Morgan fingerprint density at radius 2 is 1.90 bits per heavy atom. The number of hydrogen-bond acceptors (Lipinski definition) is 5. The molecule has 6 heteroatoms. The van der Waals surface area contributed by atoms with E-state index in [4.69, 9.17) is 4.74 Å². The van der Waals surface area contributed by atoms with Crippen LogP contribution in [0.2, 0.25) is 0 Å². The maximum atomic E-state index is 12.3. The van der Waals surface area contributed by atoms with Crippen LogP contribution in [0.1, 0.15) is 59.8 Å². The predicted molar refractivity (Wildman–Crippen MR) is 121 cm³/mol. The van der Waals surface area contributed by atoms with Gasteiger partial charge in [-0.1, -0.05) is 33.3 Å². The summed E-state index contributed by atoms with van der Waals surface area (Å²) in [4.78, 5) is 14.3. The molecule has 0 heterocycles. The van der Waals surface area contributed by atoms with Crippen LogP contribution in [0, 0.1) is 34.5 Å². The average Bonchev–Trinajstić information content (AvgIpc) is 2.63. The van der Waals surface area contributed by atoms with Crippen molar-refractivity contribution in [2.45, 2.75) is 72.0 Å². The third kappa shape index (κ3) is 4.60. The summed E-state index contributed by atoms with van der Waals surface area (Å²) in [5, 5.41) is 21.8. The first-order chi connectivity index (χ1) is 13.5. The van der Waals surface area contributed by atoms with Crippen molar-refractivity contribution in [1.29, 1.82) is 0 Å². The molecule has 0 spiro atoms. The zero-order valence-electron chi connectivity index (χ0n) is 19.6. The van der Waals surface area contributed by atoms with Crippen LogP contribution in [-0.4, -0.2) is 60.5 Å². The molecule has 7 atom stereocenters. The Morgan fingerprint density at radius 3 is 2.53 bits per heavy atom. The Balaban J connectivity index is 0.00000320. The van der Waals surface area contributed by atoms with Crippen LogP contribution >= 0.6 is 12.4 Å². The molecular weight excluding hydrogens is 402 g/mol. The van der Waals surface area contributed by atoms with Crippen molar-refractivity contribution in [3.05, 3.63) is 11.6 Å². The second kappa shape index (κ2) is 9.48. The van der Waals surface area contributed by atoms with Crippen molar-refractivity contribution in [2.75, 3.05) is 27.2 Å². The largest absolute Gasteiger partial charge is 0.461 e. The number of ether oxygens (including phenoxy) is 1. The van der Waals surface area contributed by atoms with Gasteiger partial charge in [0.2, 0.25) is 0 Å². The first kappa shape index (κ1) is 25.6. The number of esters is 1. The van der Waals surface area contributed by atoms with E-state index in [0.29, 0.717) is 18.4 Å². The van der Waals surface area contributed by atoms with Crippen LogP contribution in [0.4, 0.5) is 0 Å². The number of fused-ring (bicyclic) bond motifs is 3. The van der Waals surface area contributed by atoms with Crippen molar-refractivity contribution in [3.63, 3.8) is 0 Å². The van der Waals surface area contributed by atoms with Gasteiger partial charge in [0.1, 0.15) is 6.61 Å². The Bertz CT molecular complexity index is 649. The van der Waals surface area contributed by atoms with Crippen LogP contribution in [0.25, 0.3) is 0 Å². The normalized spacial score (nSPS) is 41.6. The highest BCUT2D eigenvalue weighted by Crippen LogP contribution is 2.64. The van der Waals surface area contributed by atoms with E-state index in [1.54, 1.807) is 6.08 Å². The van der Waals surface area contributed by atoms with Crippen LogP contribution in [0.3, 0.4) is 0 Å². The number of aliphatic hydroxyl groups is 2. The Labute approximate surface area is 188 Å². The molecule has 3 rings (SSSR count). The van der Waals surface area contributed by atoms with Crippen LogP contribution in [0.15, 0.2) is 11.6 Å². The summed E-state index contributed by atoms with van der Waals surface area (Å²) >= 11 is 0. The number of halogens is 1. The summed E-state index contributed by atoms with van der Waals surface area (Å²) in [6.45, 7) is 10.0. The van der Waals surface area contributed by atoms with Crippen molar-refractivity contribution >= 4 is 18.4 Å². The highest BCUT2D eigenvalue weighted by Gasteiger charge is 2.60. The predicted octanol–water partition coefficient (Wildman–Crippen LogP) is 3.67. The summed E-state index contributed by atoms with van der Waals surface area (Å²) in [5.74, 6) is 0.849. The lowest BCUT2D eigenvalue weighted by molar-refractivity contribution is -0.190. The minimum atomic E-state index is -0.383. The molecule has 0 aliphatic heterocycles. The second-order valence-corrected chi connectivity index (χ2v) is 10.9. The third-order valence-electron chi connectivity index (χ3n) is 8.73. The van der Waals surface area contributed by atoms with E-state index in [1.165, 1.54) is 0 Å². The number of aliphatic hydroxyl groups excluding tert-OH is 2. The number of nitrogens with zero attached hydrogens (tertiary/aromatic N) is 1. The molecule has 0 radical (unpaired) electrons. The van der Waals surface area contributed by atoms with Gasteiger partial charge < -0.3 is 19.8 Å². The van der Waals surface area contributed by atoms with Gasteiger partial charge in [-0.05, 0) is 80.7 Å². The van der Waals surface area contributed by atoms with Gasteiger partial charge in [0.15, 0.2) is 0 Å². The average molecular weight is 444 g/mol. The molecule has 0 aromatic rings. The van der Waals surface area contributed by atoms with Crippen molar-refractivity contribution in [2.24, 2.45) is 34.5 Å². The summed E-state index contributed by atoms with van der Waals surface area (Å²) in [5.41, 5.74) is 1.09. The number of rotatable bonds is 4. The fraction of sp³-hybridized carbons (Fsp3) is 0.875. The molecule has 5 nitrogen and oxygen atoms in total. The summed E-state index contributed by atoms with van der Waals surface area (Å²) in [7, 11) is 3.92. The first-order valence-electron chi connectivity index (χ1n) is 11.4. The summed E-state index contributed by atoms with van der Waals surface area (Å²) < 4.78 is 5.36. The van der Waals surface area contributed by atoms with Gasteiger partial charge in [-0.3, -0.25) is 0 Å². The molecule has 0 aromatic carbocycles. The zero-order chi connectivity index (χ0) is 21.6. The number of likely N-dealkylation sites (N-methyl/N-ethyl adjacent to an activating group) is 1. The van der Waals surface area contributed by atoms with Gasteiger partial charge in [-0.25, -0.2) is 4.79 Å². The maximum absolute atomic E-state index is 12.3. The fourth-order valence-electron chi connectivity index (χ4n) is 6.93. The molecule has 3 saturated carbocycles. The van der Waals surface area contributed by atoms with Gasteiger partial charge in [0.25, 0.3) is 0 Å². The molecule has 30 heavy (non-hydrogen) atoms.